The zero-order chi connectivity index (χ0) is 14.3. The van der Waals surface area contributed by atoms with Crippen LogP contribution in [-0.2, 0) is 0 Å². The highest BCUT2D eigenvalue weighted by molar-refractivity contribution is 9.10. The summed E-state index contributed by atoms with van der Waals surface area (Å²) < 4.78 is 3.16. The third-order valence-electron chi connectivity index (χ3n) is 2.98. The summed E-state index contributed by atoms with van der Waals surface area (Å²) in [5.74, 6) is 0. The number of nitrogens with one attached hydrogen (secondary N) is 1. The van der Waals surface area contributed by atoms with Gasteiger partial charge in [-0.25, -0.2) is 0 Å². The summed E-state index contributed by atoms with van der Waals surface area (Å²) in [4.78, 5) is 3.11. The Kier molecular flexibility index (Phi) is 3.38. The van der Waals surface area contributed by atoms with Gasteiger partial charge in [0.15, 0.2) is 4.77 Å². The molecule has 0 bridgehead atoms. The van der Waals surface area contributed by atoms with Gasteiger partial charge in [-0.1, -0.05) is 33.6 Å². The van der Waals surface area contributed by atoms with Crippen molar-refractivity contribution in [3.63, 3.8) is 0 Å². The third-order valence-corrected chi connectivity index (χ3v) is 4.06. The molecular formula is C14H7BrClN3S. The number of aromatic amines is 1. The minimum Gasteiger partial charge on any atom is -0.330 e. The standard InChI is InChI=1S/C14H7BrClN3S/c15-9-5-4-8(7-17)12(6-9)19-13-10(16)2-1-3-11(13)18-14(19)20/h1-6H,(H,18,20). The first kappa shape index (κ1) is 13.4. The van der Waals surface area contributed by atoms with Crippen LogP contribution in [-0.4, -0.2) is 9.55 Å². The summed E-state index contributed by atoms with van der Waals surface area (Å²) in [7, 11) is 0. The predicted octanol–water partition coefficient (Wildman–Crippen LogP) is 4.98. The van der Waals surface area contributed by atoms with Crippen molar-refractivity contribution < 1.29 is 0 Å². The second-order valence-electron chi connectivity index (χ2n) is 4.17. The van der Waals surface area contributed by atoms with E-state index >= 15 is 0 Å². The maximum atomic E-state index is 9.28. The molecule has 0 radical (unpaired) electrons. The van der Waals surface area contributed by atoms with Crippen molar-refractivity contribution >= 4 is 50.8 Å². The molecule has 0 aliphatic heterocycles. The average molecular weight is 365 g/mol. The van der Waals surface area contributed by atoms with Crippen LogP contribution in [0.5, 0.6) is 0 Å². The number of aromatic nitrogens is 2. The van der Waals surface area contributed by atoms with Crippen molar-refractivity contribution in [1.82, 2.24) is 9.55 Å². The molecule has 0 aliphatic carbocycles. The van der Waals surface area contributed by atoms with Gasteiger partial charge in [0, 0.05) is 4.47 Å². The Morgan fingerprint density at radius 1 is 1.30 bits per heavy atom. The zero-order valence-electron chi connectivity index (χ0n) is 10.0. The molecule has 0 saturated carbocycles. The predicted molar refractivity (Wildman–Crippen MR) is 85.9 cm³/mol. The lowest BCUT2D eigenvalue weighted by molar-refractivity contribution is 1.06. The highest BCUT2D eigenvalue weighted by atomic mass is 79.9. The first-order valence-corrected chi connectivity index (χ1v) is 7.29. The summed E-state index contributed by atoms with van der Waals surface area (Å²) in [5.41, 5.74) is 2.84. The van der Waals surface area contributed by atoms with Gasteiger partial charge in [0.25, 0.3) is 0 Å². The Balaban J connectivity index is 2.48. The van der Waals surface area contributed by atoms with Crippen molar-refractivity contribution in [1.29, 1.82) is 5.26 Å². The van der Waals surface area contributed by atoms with Gasteiger partial charge in [0.1, 0.15) is 6.07 Å². The lowest BCUT2D eigenvalue weighted by atomic mass is 10.2. The molecule has 1 heterocycles. The molecule has 1 aromatic heterocycles. The van der Waals surface area contributed by atoms with E-state index in [4.69, 9.17) is 23.8 Å². The molecule has 0 spiro atoms. The quantitative estimate of drug-likeness (QED) is 0.619. The van der Waals surface area contributed by atoms with E-state index in [2.05, 4.69) is 27.0 Å². The van der Waals surface area contributed by atoms with Gasteiger partial charge in [-0.05, 0) is 42.5 Å². The molecular weight excluding hydrogens is 358 g/mol. The fourth-order valence-corrected chi connectivity index (χ4v) is 3.04. The van der Waals surface area contributed by atoms with E-state index in [1.54, 1.807) is 16.7 Å². The molecule has 1 N–H and O–H groups in total. The van der Waals surface area contributed by atoms with Crippen LogP contribution in [0.3, 0.4) is 0 Å². The number of rotatable bonds is 1. The Morgan fingerprint density at radius 2 is 2.10 bits per heavy atom. The number of H-pyrrole nitrogens is 1. The molecule has 0 unspecified atom stereocenters. The lowest BCUT2D eigenvalue weighted by Crippen LogP contribution is -1.98. The van der Waals surface area contributed by atoms with Crippen molar-refractivity contribution in [3.8, 4) is 11.8 Å². The van der Waals surface area contributed by atoms with Gasteiger partial charge in [-0.2, -0.15) is 5.26 Å². The third kappa shape index (κ3) is 2.06. The van der Waals surface area contributed by atoms with Crippen molar-refractivity contribution in [2.24, 2.45) is 0 Å². The van der Waals surface area contributed by atoms with E-state index < -0.39 is 0 Å². The van der Waals surface area contributed by atoms with Crippen LogP contribution in [0.25, 0.3) is 16.7 Å². The molecule has 0 saturated heterocycles. The average Bonchev–Trinajstić information content (AvgIpc) is 2.76. The summed E-state index contributed by atoms with van der Waals surface area (Å²) in [5, 5.41) is 9.87. The Hall–Kier alpha value is -1.61. The lowest BCUT2D eigenvalue weighted by Gasteiger charge is -2.08. The highest BCUT2D eigenvalue weighted by Gasteiger charge is 2.13. The minimum absolute atomic E-state index is 0.503. The molecule has 0 amide bonds. The smallest absolute Gasteiger partial charge is 0.182 e. The SMILES string of the molecule is N#Cc1ccc(Br)cc1-n1c(=S)[nH]c2cccc(Cl)c21. The minimum atomic E-state index is 0.503. The topological polar surface area (TPSA) is 44.5 Å². The fourth-order valence-electron chi connectivity index (χ4n) is 2.13. The molecule has 2 aromatic carbocycles. The van der Waals surface area contributed by atoms with E-state index in [1.165, 1.54) is 0 Å². The molecule has 0 aliphatic rings. The number of benzene rings is 2. The van der Waals surface area contributed by atoms with E-state index in [0.717, 1.165) is 15.5 Å². The summed E-state index contributed by atoms with van der Waals surface area (Å²) in [6.07, 6.45) is 0. The highest BCUT2D eigenvalue weighted by Crippen LogP contribution is 2.29. The summed E-state index contributed by atoms with van der Waals surface area (Å²) >= 11 is 15.1. The van der Waals surface area contributed by atoms with Crippen LogP contribution in [0, 0.1) is 16.1 Å². The van der Waals surface area contributed by atoms with Gasteiger partial charge in [0.2, 0.25) is 0 Å². The number of nitriles is 1. The first-order chi connectivity index (χ1) is 9.61. The zero-order valence-corrected chi connectivity index (χ0v) is 13.2. The molecule has 3 rings (SSSR count). The molecule has 3 aromatic rings. The summed E-state index contributed by atoms with van der Waals surface area (Å²) in [6.45, 7) is 0. The van der Waals surface area contributed by atoms with Crippen LogP contribution in [0.2, 0.25) is 5.02 Å². The van der Waals surface area contributed by atoms with Crippen LogP contribution in [0.15, 0.2) is 40.9 Å². The Labute approximate surface area is 133 Å². The fraction of sp³-hybridized carbons (Fsp3) is 0. The Bertz CT molecular complexity index is 920. The summed E-state index contributed by atoms with van der Waals surface area (Å²) in [6, 6.07) is 13.2. The molecule has 3 nitrogen and oxygen atoms in total. The largest absolute Gasteiger partial charge is 0.330 e. The van der Waals surface area contributed by atoms with E-state index in [0.29, 0.717) is 21.0 Å². The molecule has 0 atom stereocenters. The van der Waals surface area contributed by atoms with E-state index in [-0.39, 0.29) is 0 Å². The monoisotopic (exact) mass is 363 g/mol. The van der Waals surface area contributed by atoms with Crippen molar-refractivity contribution in [3.05, 3.63) is 56.2 Å². The van der Waals surface area contributed by atoms with Gasteiger partial charge in [-0.15, -0.1) is 0 Å². The second-order valence-corrected chi connectivity index (χ2v) is 5.88. The molecule has 98 valence electrons. The van der Waals surface area contributed by atoms with Crippen molar-refractivity contribution in [2.75, 3.05) is 0 Å². The Morgan fingerprint density at radius 3 is 2.85 bits per heavy atom. The normalized spacial score (nSPS) is 10.7. The maximum Gasteiger partial charge on any atom is 0.182 e. The first-order valence-electron chi connectivity index (χ1n) is 5.71. The van der Waals surface area contributed by atoms with Gasteiger partial charge < -0.3 is 4.98 Å². The molecule has 20 heavy (non-hydrogen) atoms. The van der Waals surface area contributed by atoms with Crippen LogP contribution in [0.4, 0.5) is 0 Å². The molecule has 0 fully saturated rings. The molecule has 6 heteroatoms. The number of imidazole rings is 1. The maximum absolute atomic E-state index is 9.28. The number of para-hydroxylation sites is 1. The van der Waals surface area contributed by atoms with Crippen LogP contribution >= 0.6 is 39.7 Å². The number of fused-ring (bicyclic) bond motifs is 1. The number of halogens is 2. The second kappa shape index (κ2) is 5.06. The van der Waals surface area contributed by atoms with Gasteiger partial charge >= 0.3 is 0 Å². The van der Waals surface area contributed by atoms with Crippen molar-refractivity contribution in [2.45, 2.75) is 0 Å². The van der Waals surface area contributed by atoms with Crippen LogP contribution in [0.1, 0.15) is 5.56 Å². The van der Waals surface area contributed by atoms with Gasteiger partial charge in [-0.3, -0.25) is 4.57 Å². The number of hydrogen-bond acceptors (Lipinski definition) is 2. The number of hydrogen-bond donors (Lipinski definition) is 1. The van der Waals surface area contributed by atoms with E-state index in [9.17, 15) is 5.26 Å². The number of nitrogens with zero attached hydrogens (tertiary/aromatic N) is 2. The van der Waals surface area contributed by atoms with Gasteiger partial charge in [0.05, 0.1) is 27.3 Å². The van der Waals surface area contributed by atoms with E-state index in [1.807, 2.05) is 24.3 Å². The van der Waals surface area contributed by atoms with Crippen LogP contribution < -0.4 is 0 Å².